The van der Waals surface area contributed by atoms with Gasteiger partial charge in [-0.2, -0.15) is 0 Å². The molecule has 1 aliphatic heterocycles. The van der Waals surface area contributed by atoms with Crippen LogP contribution in [0.25, 0.3) is 0 Å². The normalized spacial score (nSPS) is 30.2. The number of rotatable bonds is 2. The highest BCUT2D eigenvalue weighted by atomic mass is 125. The van der Waals surface area contributed by atoms with Crippen LogP contribution in [0, 0.1) is 15.9 Å². The lowest BCUT2D eigenvalue weighted by Gasteiger charge is -2.19. The van der Waals surface area contributed by atoms with Gasteiger partial charge in [0.15, 0.2) is 5.60 Å². The van der Waals surface area contributed by atoms with Crippen LogP contribution in [-0.2, 0) is 4.74 Å². The summed E-state index contributed by atoms with van der Waals surface area (Å²) in [6, 6.07) is 0. The Labute approximate surface area is 121 Å². The van der Waals surface area contributed by atoms with Crippen LogP contribution >= 0.6 is 22.6 Å². The summed E-state index contributed by atoms with van der Waals surface area (Å²) in [4.78, 5) is 25.1. The highest BCUT2D eigenvalue weighted by Crippen LogP contribution is 2.35. The van der Waals surface area contributed by atoms with Gasteiger partial charge in [-0.3, -0.25) is 14.3 Å². The topological polar surface area (TPSA) is 105 Å². The zero-order chi connectivity index (χ0) is 14.2. The van der Waals surface area contributed by atoms with Crippen LogP contribution in [0.1, 0.15) is 12.6 Å². The number of nitrogens with zero attached hydrogens (tertiary/aromatic N) is 1. The molecule has 7 nitrogen and oxygen atoms in total. The molecule has 0 spiro atoms. The first-order valence-electron chi connectivity index (χ1n) is 5.38. The summed E-state index contributed by atoms with van der Waals surface area (Å²) >= 11 is 1.77. The minimum absolute atomic E-state index is 0.0449. The van der Waals surface area contributed by atoms with Gasteiger partial charge in [-0.25, -0.2) is 4.79 Å². The average molecular weight is 376 g/mol. The van der Waals surface area contributed by atoms with Crippen molar-refractivity contribution in [2.45, 2.75) is 24.4 Å². The molecule has 19 heavy (non-hydrogen) atoms. The lowest BCUT2D eigenvalue weighted by molar-refractivity contribution is -0.0625. The molecule has 102 valence electrons. The maximum atomic E-state index is 11.7. The molecule has 1 aromatic rings. The van der Waals surface area contributed by atoms with Crippen molar-refractivity contribution in [2.75, 3.05) is 6.61 Å². The van der Waals surface area contributed by atoms with E-state index in [2.05, 4.69) is 10.9 Å². The smallest absolute Gasteiger partial charge is 0.330 e. The largest absolute Gasteiger partial charge is 0.394 e. The molecule has 2 rings (SSSR count). The molecule has 3 atom stereocenters. The maximum absolute atomic E-state index is 11.7. The van der Waals surface area contributed by atoms with E-state index in [4.69, 9.17) is 16.3 Å². The molecule has 0 aromatic carbocycles. The number of halogens is 1. The van der Waals surface area contributed by atoms with Gasteiger partial charge < -0.3 is 14.9 Å². The number of aliphatic hydroxyl groups is 2. The van der Waals surface area contributed by atoms with Crippen molar-refractivity contribution in [3.05, 3.63) is 30.6 Å². The van der Waals surface area contributed by atoms with Crippen molar-refractivity contribution in [3.63, 3.8) is 0 Å². The van der Waals surface area contributed by atoms with E-state index in [9.17, 15) is 14.7 Å². The van der Waals surface area contributed by atoms with Crippen LogP contribution in [0.2, 0.25) is 0 Å². The highest BCUT2D eigenvalue weighted by Gasteiger charge is 2.47. The zero-order valence-corrected chi connectivity index (χ0v) is 11.8. The number of aliphatic hydroxyl groups excluding tert-OH is 1. The lowest BCUT2D eigenvalue weighted by atomic mass is 9.96. The number of H-pyrrole nitrogens is 1. The van der Waals surface area contributed by atoms with E-state index >= 15 is 0 Å². The first kappa shape index (κ1) is 14.3. The van der Waals surface area contributed by atoms with Crippen molar-refractivity contribution in [3.8, 4) is 12.3 Å². The van der Waals surface area contributed by atoms with Gasteiger partial charge >= 0.3 is 5.69 Å². The number of nitrogens with one attached hydrogen (secondary N) is 1. The van der Waals surface area contributed by atoms with E-state index in [0.717, 1.165) is 4.57 Å². The number of terminal acetylenes is 1. The molecule has 0 radical (unpaired) electrons. The number of ether oxygens (including phenoxy) is 1. The van der Waals surface area contributed by atoms with Crippen LogP contribution in [0.5, 0.6) is 0 Å². The van der Waals surface area contributed by atoms with E-state index in [-0.39, 0.29) is 6.42 Å². The number of hydrogen-bond acceptors (Lipinski definition) is 5. The fourth-order valence-corrected chi connectivity index (χ4v) is 2.37. The monoisotopic (exact) mass is 376 g/mol. The molecule has 1 saturated heterocycles. The van der Waals surface area contributed by atoms with E-state index in [0.29, 0.717) is 3.57 Å². The van der Waals surface area contributed by atoms with E-state index in [1.54, 1.807) is 22.6 Å². The van der Waals surface area contributed by atoms with Crippen molar-refractivity contribution >= 4 is 22.6 Å². The fraction of sp³-hybridized carbons (Fsp3) is 0.455. The molecular formula is C11H11IN2O5. The molecule has 0 saturated carbocycles. The second kappa shape index (κ2) is 5.09. The number of aromatic nitrogens is 2. The van der Waals surface area contributed by atoms with Crippen LogP contribution in [-0.4, -0.2) is 38.1 Å². The van der Waals surface area contributed by atoms with Gasteiger partial charge in [-0.05, 0) is 22.6 Å². The van der Waals surface area contributed by atoms with Gasteiger partial charge in [0.05, 0.1) is 10.2 Å². The summed E-state index contributed by atoms with van der Waals surface area (Å²) < 4.78 is 6.82. The number of aromatic amines is 1. The van der Waals surface area contributed by atoms with Crippen molar-refractivity contribution < 1.29 is 14.9 Å². The van der Waals surface area contributed by atoms with Gasteiger partial charge in [0.1, 0.15) is 12.3 Å². The van der Waals surface area contributed by atoms with E-state index in [1.165, 1.54) is 6.20 Å². The average Bonchev–Trinajstić information content (AvgIpc) is 2.71. The summed E-state index contributed by atoms with van der Waals surface area (Å²) in [5.74, 6) is 2.17. The molecular weight excluding hydrogens is 365 g/mol. The van der Waals surface area contributed by atoms with Crippen LogP contribution < -0.4 is 11.2 Å². The van der Waals surface area contributed by atoms with Gasteiger partial charge in [0.25, 0.3) is 5.56 Å². The predicted octanol–water partition coefficient (Wildman–Crippen LogP) is -1.21. The van der Waals surface area contributed by atoms with Crippen LogP contribution in [0.3, 0.4) is 0 Å². The molecule has 1 aromatic heterocycles. The Bertz CT molecular complexity index is 646. The summed E-state index contributed by atoms with van der Waals surface area (Å²) in [7, 11) is 0. The van der Waals surface area contributed by atoms with E-state index < -0.39 is 35.8 Å². The molecule has 0 aliphatic carbocycles. The third-order valence-electron chi connectivity index (χ3n) is 2.99. The zero-order valence-electron chi connectivity index (χ0n) is 9.67. The lowest BCUT2D eigenvalue weighted by Crippen LogP contribution is -2.38. The van der Waals surface area contributed by atoms with Crippen LogP contribution in [0.4, 0.5) is 0 Å². The molecule has 0 unspecified atom stereocenters. The Kier molecular flexibility index (Phi) is 3.82. The molecule has 3 N–H and O–H groups in total. The number of hydrogen-bond donors (Lipinski definition) is 3. The van der Waals surface area contributed by atoms with Gasteiger partial charge in [0.2, 0.25) is 0 Å². The second-order valence-corrected chi connectivity index (χ2v) is 5.34. The third-order valence-corrected chi connectivity index (χ3v) is 3.76. The first-order chi connectivity index (χ1) is 8.91. The predicted molar refractivity (Wildman–Crippen MR) is 73.4 cm³/mol. The van der Waals surface area contributed by atoms with Gasteiger partial charge in [-0.1, -0.05) is 5.92 Å². The van der Waals surface area contributed by atoms with Gasteiger partial charge in [-0.15, -0.1) is 6.42 Å². The fourth-order valence-electron chi connectivity index (χ4n) is 1.93. The van der Waals surface area contributed by atoms with Crippen molar-refractivity contribution in [1.29, 1.82) is 0 Å². The Morgan fingerprint density at radius 1 is 1.68 bits per heavy atom. The molecule has 8 heteroatoms. The Morgan fingerprint density at radius 2 is 2.37 bits per heavy atom. The highest BCUT2D eigenvalue weighted by molar-refractivity contribution is 14.1. The maximum Gasteiger partial charge on any atom is 0.330 e. The standard InChI is InChI=1S/C11H11IN2O5/c1-2-11(18)3-8(19-7(11)5-15)14-4-6(12)9(16)13-10(14)17/h1,4,7-8,15,18H,3,5H2,(H,13,16,17)/t7-,8-,11+/m1/s1/i12-2. The Balaban J connectivity index is 2.41. The summed E-state index contributed by atoms with van der Waals surface area (Å²) in [5, 5.41) is 19.2. The van der Waals surface area contributed by atoms with E-state index in [1.807, 2.05) is 0 Å². The Morgan fingerprint density at radius 3 is 2.89 bits per heavy atom. The molecule has 0 bridgehead atoms. The summed E-state index contributed by atoms with van der Waals surface area (Å²) in [5.41, 5.74) is -2.79. The van der Waals surface area contributed by atoms with Crippen molar-refractivity contribution in [2.24, 2.45) is 0 Å². The Hall–Kier alpha value is -1.15. The molecule has 2 heterocycles. The molecule has 1 aliphatic rings. The minimum Gasteiger partial charge on any atom is -0.394 e. The SMILES string of the molecule is C#C[C@]1(O)C[C@H](n2cc([125I])c(=O)[nH]c2=O)O[C@@H]1CO. The van der Waals surface area contributed by atoms with Crippen LogP contribution in [0.15, 0.2) is 15.8 Å². The summed E-state index contributed by atoms with van der Waals surface area (Å²) in [6.07, 6.45) is 4.70. The van der Waals surface area contributed by atoms with Crippen molar-refractivity contribution in [1.82, 2.24) is 9.55 Å². The molecule has 1 fully saturated rings. The van der Waals surface area contributed by atoms with Gasteiger partial charge in [0, 0.05) is 12.6 Å². The first-order valence-corrected chi connectivity index (χ1v) is 6.46. The second-order valence-electron chi connectivity index (χ2n) is 4.18. The third kappa shape index (κ3) is 2.46. The quantitative estimate of drug-likeness (QED) is 0.444. The summed E-state index contributed by atoms with van der Waals surface area (Å²) in [6.45, 7) is -0.466. The minimum atomic E-state index is -1.64. The molecule has 0 amide bonds.